The van der Waals surface area contributed by atoms with Crippen LogP contribution in [0.5, 0.6) is 0 Å². The lowest BCUT2D eigenvalue weighted by Crippen LogP contribution is -2.54. The number of nitrogens with zero attached hydrogens (tertiary/aromatic N) is 1. The summed E-state index contributed by atoms with van der Waals surface area (Å²) in [4.78, 5) is 30.1. The molecular weight excluding hydrogens is 523 g/mol. The normalized spacial score (nSPS) is 12.1. The molecule has 37 heavy (non-hydrogen) atoms. The zero-order chi connectivity index (χ0) is 26.8. The van der Waals surface area contributed by atoms with Crippen LogP contribution in [0.25, 0.3) is 0 Å². The topological polar surface area (TPSA) is 49.4 Å². The molecule has 3 aromatic rings. The van der Waals surface area contributed by atoms with E-state index in [0.29, 0.717) is 29.3 Å². The van der Waals surface area contributed by atoms with Crippen molar-refractivity contribution < 1.29 is 9.59 Å². The van der Waals surface area contributed by atoms with E-state index in [1.807, 2.05) is 99.6 Å². The summed E-state index contributed by atoms with van der Waals surface area (Å²) in [6.07, 6.45) is 1.43. The summed E-state index contributed by atoms with van der Waals surface area (Å²) in [7, 11) is 0. The first-order valence-electron chi connectivity index (χ1n) is 12.4. The lowest BCUT2D eigenvalue weighted by atomic mass is 10.00. The highest BCUT2D eigenvalue weighted by Crippen LogP contribution is 2.24. The molecule has 0 unspecified atom stereocenters. The van der Waals surface area contributed by atoms with E-state index in [0.717, 1.165) is 21.8 Å². The molecule has 0 saturated heterocycles. The van der Waals surface area contributed by atoms with Gasteiger partial charge in [0.2, 0.25) is 11.8 Å². The number of carbonyl (C=O) groups is 2. The van der Waals surface area contributed by atoms with Gasteiger partial charge in [0.05, 0.1) is 0 Å². The van der Waals surface area contributed by atoms with Crippen LogP contribution in [0, 0.1) is 0 Å². The second-order valence-electron chi connectivity index (χ2n) is 9.96. The van der Waals surface area contributed by atoms with E-state index in [1.165, 1.54) is 0 Å². The summed E-state index contributed by atoms with van der Waals surface area (Å²) in [5.74, 6) is 0.541. The third kappa shape index (κ3) is 9.73. The third-order valence-electron chi connectivity index (χ3n) is 5.69. The highest BCUT2D eigenvalue weighted by Gasteiger charge is 2.32. The quantitative estimate of drug-likeness (QED) is 0.197. The fraction of sp³-hybridized carbons (Fsp3) is 0.333. The number of nitrogens with one attached hydrogen (secondary N) is 1. The molecule has 7 heteroatoms. The minimum atomic E-state index is -0.672. The maximum Gasteiger partial charge on any atom is 0.243 e. The van der Waals surface area contributed by atoms with E-state index in [-0.39, 0.29) is 18.4 Å². The minimum absolute atomic E-state index is 0.0679. The van der Waals surface area contributed by atoms with Gasteiger partial charge < -0.3 is 10.2 Å². The predicted octanol–water partition coefficient (Wildman–Crippen LogP) is 7.42. The lowest BCUT2D eigenvalue weighted by molar-refractivity contribution is -0.142. The molecular formula is C30H34Cl2N2O2S. The van der Waals surface area contributed by atoms with Gasteiger partial charge >= 0.3 is 0 Å². The zero-order valence-electron chi connectivity index (χ0n) is 21.5. The SMILES string of the molecule is CC(C)(C)NC(=O)[C@H](Cc1ccccc1)N(Cc1ccccc1Cl)C(=O)CCCSc1ccc(Cl)cc1. The van der Waals surface area contributed by atoms with Gasteiger partial charge in [0.15, 0.2) is 0 Å². The molecule has 0 aliphatic carbocycles. The van der Waals surface area contributed by atoms with Gasteiger partial charge in [-0.2, -0.15) is 0 Å². The standard InChI is InChI=1S/C30H34Cl2N2O2S/c1-30(2,3)33-29(36)27(20-22-10-5-4-6-11-22)34(21-23-12-7-8-13-26(23)32)28(35)14-9-19-37-25-17-15-24(31)16-18-25/h4-8,10-13,15-18,27H,9,14,19-21H2,1-3H3,(H,33,36)/t27-/m0/s1. The minimum Gasteiger partial charge on any atom is -0.350 e. The van der Waals surface area contributed by atoms with Crippen LogP contribution in [0.15, 0.2) is 83.8 Å². The number of hydrogen-bond acceptors (Lipinski definition) is 3. The molecule has 3 aromatic carbocycles. The number of amides is 2. The van der Waals surface area contributed by atoms with Crippen LogP contribution in [0.3, 0.4) is 0 Å². The maximum absolute atomic E-state index is 13.7. The van der Waals surface area contributed by atoms with Crippen molar-refractivity contribution in [1.82, 2.24) is 10.2 Å². The monoisotopic (exact) mass is 556 g/mol. The Morgan fingerprint density at radius 3 is 2.22 bits per heavy atom. The largest absolute Gasteiger partial charge is 0.350 e. The summed E-state index contributed by atoms with van der Waals surface area (Å²) >= 11 is 14.1. The molecule has 4 nitrogen and oxygen atoms in total. The van der Waals surface area contributed by atoms with Crippen molar-refractivity contribution in [3.8, 4) is 0 Å². The van der Waals surface area contributed by atoms with Crippen LogP contribution in [-0.2, 0) is 22.6 Å². The van der Waals surface area contributed by atoms with Gasteiger partial charge in [0.1, 0.15) is 6.04 Å². The Morgan fingerprint density at radius 2 is 1.57 bits per heavy atom. The molecule has 0 heterocycles. The Bertz CT molecular complexity index is 1160. The number of carbonyl (C=O) groups excluding carboxylic acids is 2. The van der Waals surface area contributed by atoms with Crippen LogP contribution >= 0.6 is 35.0 Å². The molecule has 3 rings (SSSR count). The molecule has 0 aromatic heterocycles. The molecule has 0 bridgehead atoms. The molecule has 0 saturated carbocycles. The Hall–Kier alpha value is -2.47. The number of thioether (sulfide) groups is 1. The third-order valence-corrected chi connectivity index (χ3v) is 7.40. The molecule has 2 amide bonds. The van der Waals surface area contributed by atoms with E-state index in [2.05, 4.69) is 5.32 Å². The van der Waals surface area contributed by atoms with Gasteiger partial charge in [0, 0.05) is 39.9 Å². The van der Waals surface area contributed by atoms with Crippen LogP contribution in [-0.4, -0.2) is 34.0 Å². The molecule has 0 aliphatic rings. The first-order valence-corrected chi connectivity index (χ1v) is 14.1. The summed E-state index contributed by atoms with van der Waals surface area (Å²) < 4.78 is 0. The highest BCUT2D eigenvalue weighted by molar-refractivity contribution is 7.99. The predicted molar refractivity (Wildman–Crippen MR) is 155 cm³/mol. The molecule has 196 valence electrons. The number of rotatable bonds is 11. The first kappa shape index (κ1) is 29.1. The Labute approximate surface area is 234 Å². The average molecular weight is 558 g/mol. The van der Waals surface area contributed by atoms with Crippen molar-refractivity contribution in [2.75, 3.05) is 5.75 Å². The average Bonchev–Trinajstić information content (AvgIpc) is 2.85. The van der Waals surface area contributed by atoms with Gasteiger partial charge in [-0.3, -0.25) is 9.59 Å². The molecule has 0 spiro atoms. The summed E-state index contributed by atoms with van der Waals surface area (Å²) in [6.45, 7) is 6.09. The Morgan fingerprint density at radius 1 is 0.919 bits per heavy atom. The van der Waals surface area contributed by atoms with Crippen LogP contribution in [0.1, 0.15) is 44.7 Å². The summed E-state index contributed by atoms with van der Waals surface area (Å²) in [6, 6.07) is 24.3. The van der Waals surface area contributed by atoms with E-state index >= 15 is 0 Å². The molecule has 1 atom stereocenters. The molecule has 1 N–H and O–H groups in total. The Balaban J connectivity index is 1.81. The van der Waals surface area contributed by atoms with Crippen molar-refractivity contribution in [3.05, 3.63) is 100 Å². The summed E-state index contributed by atoms with van der Waals surface area (Å²) in [5, 5.41) is 4.37. The Kier molecular flexibility index (Phi) is 10.9. The first-order chi connectivity index (χ1) is 17.6. The molecule has 0 radical (unpaired) electrons. The van der Waals surface area contributed by atoms with Crippen molar-refractivity contribution in [3.63, 3.8) is 0 Å². The van der Waals surface area contributed by atoms with Crippen molar-refractivity contribution in [1.29, 1.82) is 0 Å². The fourth-order valence-corrected chi connectivity index (χ4v) is 5.08. The van der Waals surface area contributed by atoms with Gasteiger partial charge in [-0.1, -0.05) is 71.7 Å². The smallest absolute Gasteiger partial charge is 0.243 e. The van der Waals surface area contributed by atoms with E-state index in [4.69, 9.17) is 23.2 Å². The van der Waals surface area contributed by atoms with Crippen LogP contribution in [0.2, 0.25) is 10.0 Å². The number of hydrogen-bond donors (Lipinski definition) is 1. The van der Waals surface area contributed by atoms with Gasteiger partial charge in [-0.25, -0.2) is 0 Å². The maximum atomic E-state index is 13.7. The van der Waals surface area contributed by atoms with Gasteiger partial charge in [-0.05, 0) is 74.4 Å². The molecule has 0 aliphatic heterocycles. The number of benzene rings is 3. The fourth-order valence-electron chi connectivity index (χ4n) is 3.90. The van der Waals surface area contributed by atoms with E-state index in [1.54, 1.807) is 16.7 Å². The lowest BCUT2D eigenvalue weighted by Gasteiger charge is -2.34. The highest BCUT2D eigenvalue weighted by atomic mass is 35.5. The zero-order valence-corrected chi connectivity index (χ0v) is 23.9. The van der Waals surface area contributed by atoms with E-state index < -0.39 is 11.6 Å². The van der Waals surface area contributed by atoms with Gasteiger partial charge in [-0.15, -0.1) is 11.8 Å². The van der Waals surface area contributed by atoms with Crippen molar-refractivity contribution in [2.45, 2.75) is 63.1 Å². The van der Waals surface area contributed by atoms with Crippen molar-refractivity contribution >= 4 is 46.8 Å². The molecule has 0 fully saturated rings. The number of halogens is 2. The van der Waals surface area contributed by atoms with Gasteiger partial charge in [0.25, 0.3) is 0 Å². The van der Waals surface area contributed by atoms with Crippen LogP contribution < -0.4 is 5.32 Å². The van der Waals surface area contributed by atoms with E-state index in [9.17, 15) is 9.59 Å². The van der Waals surface area contributed by atoms with Crippen LogP contribution in [0.4, 0.5) is 0 Å². The van der Waals surface area contributed by atoms with Crippen molar-refractivity contribution in [2.24, 2.45) is 0 Å². The second-order valence-corrected chi connectivity index (χ2v) is 12.0. The second kappa shape index (κ2) is 13.9. The summed E-state index contributed by atoms with van der Waals surface area (Å²) in [5.41, 5.74) is 1.38.